The van der Waals surface area contributed by atoms with E-state index in [1.54, 1.807) is 24.5 Å². The van der Waals surface area contributed by atoms with Crippen LogP contribution in [0.15, 0.2) is 67.0 Å². The van der Waals surface area contributed by atoms with E-state index in [1.165, 1.54) is 6.07 Å². The molecule has 1 aromatic heterocycles. The van der Waals surface area contributed by atoms with Gasteiger partial charge in [-0.25, -0.2) is 4.39 Å². The molecule has 180 valence electrons. The summed E-state index contributed by atoms with van der Waals surface area (Å²) in [5.74, 6) is 0.466. The van der Waals surface area contributed by atoms with Gasteiger partial charge in [0.15, 0.2) is 6.29 Å². The number of anilines is 1. The number of aldehydes is 1. The molecule has 0 aliphatic heterocycles. The minimum absolute atomic E-state index is 0.251. The van der Waals surface area contributed by atoms with Crippen molar-refractivity contribution in [3.8, 4) is 5.75 Å². The van der Waals surface area contributed by atoms with E-state index in [9.17, 15) is 9.18 Å². The maximum Gasteiger partial charge on any atom is 0.153 e. The summed E-state index contributed by atoms with van der Waals surface area (Å²) in [6, 6.07) is 16.6. The van der Waals surface area contributed by atoms with Gasteiger partial charge in [0.25, 0.3) is 0 Å². The Morgan fingerprint density at radius 2 is 1.85 bits per heavy atom. The van der Waals surface area contributed by atoms with Crippen LogP contribution in [0.5, 0.6) is 5.75 Å². The number of ether oxygens (including phenoxy) is 1. The predicted molar refractivity (Wildman–Crippen MR) is 134 cm³/mol. The van der Waals surface area contributed by atoms with Crippen LogP contribution in [0.25, 0.3) is 0 Å². The molecule has 7 heteroatoms. The van der Waals surface area contributed by atoms with Crippen molar-refractivity contribution in [3.63, 3.8) is 0 Å². The van der Waals surface area contributed by atoms with Gasteiger partial charge in [0.05, 0.1) is 11.3 Å². The number of halogens is 1. The Bertz CT molecular complexity index is 1040. The summed E-state index contributed by atoms with van der Waals surface area (Å²) in [6.45, 7) is 3.11. The van der Waals surface area contributed by atoms with Gasteiger partial charge < -0.3 is 19.9 Å². The van der Waals surface area contributed by atoms with Gasteiger partial charge in [0.2, 0.25) is 0 Å². The van der Waals surface area contributed by atoms with Gasteiger partial charge in [0.1, 0.15) is 17.7 Å². The standard InChI is InChI=1S/C27H33FN4O2/c1-29-14-13-27(24-6-4-5-7-25(24)28)34-23-10-8-21(9-11-23)19-31(2)16-17-32(3)26-12-15-30-18-22(26)20-33/h4-12,15,18,20,27,29H,13-14,16-17,19H2,1-3H3. The van der Waals surface area contributed by atoms with E-state index in [2.05, 4.69) is 27.1 Å². The normalized spacial score (nSPS) is 11.9. The Hall–Kier alpha value is -3.29. The van der Waals surface area contributed by atoms with Crippen molar-refractivity contribution in [2.24, 2.45) is 0 Å². The average Bonchev–Trinajstić information content (AvgIpc) is 2.86. The van der Waals surface area contributed by atoms with Crippen LogP contribution in [0.2, 0.25) is 0 Å². The van der Waals surface area contributed by atoms with Gasteiger partial charge in [-0.1, -0.05) is 30.3 Å². The molecule has 1 heterocycles. The quantitative estimate of drug-likeness (QED) is 0.380. The van der Waals surface area contributed by atoms with Gasteiger partial charge in [0, 0.05) is 51.1 Å². The second kappa shape index (κ2) is 12.8. The van der Waals surface area contributed by atoms with E-state index >= 15 is 0 Å². The first-order chi connectivity index (χ1) is 16.5. The lowest BCUT2D eigenvalue weighted by Crippen LogP contribution is -2.31. The Morgan fingerprint density at radius 3 is 2.56 bits per heavy atom. The van der Waals surface area contributed by atoms with Crippen LogP contribution in [0.4, 0.5) is 10.1 Å². The molecule has 0 aliphatic carbocycles. The van der Waals surface area contributed by atoms with Gasteiger partial charge in [-0.05, 0) is 50.5 Å². The summed E-state index contributed by atoms with van der Waals surface area (Å²) in [5.41, 5.74) is 3.19. The first kappa shape index (κ1) is 25.3. The molecule has 0 radical (unpaired) electrons. The highest BCUT2D eigenvalue weighted by Crippen LogP contribution is 2.27. The molecule has 0 aliphatic rings. The lowest BCUT2D eigenvalue weighted by molar-refractivity contribution is 0.112. The molecule has 2 aromatic carbocycles. The number of nitrogens with one attached hydrogen (secondary N) is 1. The number of hydrogen-bond donors (Lipinski definition) is 1. The maximum atomic E-state index is 14.3. The second-order valence-electron chi connectivity index (χ2n) is 8.38. The Morgan fingerprint density at radius 1 is 1.09 bits per heavy atom. The van der Waals surface area contributed by atoms with Crippen molar-refractivity contribution in [3.05, 3.63) is 89.5 Å². The zero-order valence-electron chi connectivity index (χ0n) is 20.1. The van der Waals surface area contributed by atoms with E-state index in [1.807, 2.05) is 50.5 Å². The average molecular weight is 465 g/mol. The van der Waals surface area contributed by atoms with Crippen LogP contribution < -0.4 is 15.0 Å². The zero-order valence-corrected chi connectivity index (χ0v) is 20.1. The molecular formula is C27H33FN4O2. The third kappa shape index (κ3) is 7.10. The molecule has 0 amide bonds. The fourth-order valence-electron chi connectivity index (χ4n) is 3.80. The highest BCUT2D eigenvalue weighted by molar-refractivity contribution is 5.83. The van der Waals surface area contributed by atoms with Crippen LogP contribution in [-0.4, -0.2) is 56.9 Å². The van der Waals surface area contributed by atoms with Crippen molar-refractivity contribution >= 4 is 12.0 Å². The summed E-state index contributed by atoms with van der Waals surface area (Å²) < 4.78 is 20.5. The van der Waals surface area contributed by atoms with Crippen molar-refractivity contribution in [2.75, 3.05) is 45.7 Å². The van der Waals surface area contributed by atoms with Crippen molar-refractivity contribution < 1.29 is 13.9 Å². The number of carbonyl (C=O) groups excluding carboxylic acids is 1. The molecule has 0 bridgehead atoms. The first-order valence-electron chi connectivity index (χ1n) is 11.4. The highest BCUT2D eigenvalue weighted by Gasteiger charge is 2.17. The fraction of sp³-hybridized carbons (Fsp3) is 0.333. The van der Waals surface area contributed by atoms with E-state index in [4.69, 9.17) is 4.74 Å². The number of rotatable bonds is 13. The van der Waals surface area contributed by atoms with Gasteiger partial charge >= 0.3 is 0 Å². The minimum atomic E-state index is -0.359. The minimum Gasteiger partial charge on any atom is -0.486 e. The number of pyridine rings is 1. The summed E-state index contributed by atoms with van der Waals surface area (Å²) in [5, 5.41) is 3.11. The predicted octanol–water partition coefficient (Wildman–Crippen LogP) is 4.33. The van der Waals surface area contributed by atoms with Crippen LogP contribution in [0.3, 0.4) is 0 Å². The third-order valence-electron chi connectivity index (χ3n) is 5.75. The van der Waals surface area contributed by atoms with E-state index in [0.717, 1.165) is 49.5 Å². The van der Waals surface area contributed by atoms with Crippen molar-refractivity contribution in [1.82, 2.24) is 15.2 Å². The highest BCUT2D eigenvalue weighted by atomic mass is 19.1. The third-order valence-corrected chi connectivity index (χ3v) is 5.75. The topological polar surface area (TPSA) is 57.7 Å². The van der Waals surface area contributed by atoms with Crippen molar-refractivity contribution in [2.45, 2.75) is 19.1 Å². The molecule has 1 unspecified atom stereocenters. The number of aromatic nitrogens is 1. The summed E-state index contributed by atoms with van der Waals surface area (Å²) in [7, 11) is 5.92. The molecule has 0 saturated carbocycles. The summed E-state index contributed by atoms with van der Waals surface area (Å²) in [4.78, 5) is 19.5. The van der Waals surface area contributed by atoms with E-state index in [0.29, 0.717) is 17.5 Å². The Balaban J connectivity index is 1.56. The molecule has 1 atom stereocenters. The smallest absolute Gasteiger partial charge is 0.153 e. The number of likely N-dealkylation sites (N-methyl/N-ethyl adjacent to an activating group) is 2. The van der Waals surface area contributed by atoms with Gasteiger partial charge in [-0.3, -0.25) is 9.78 Å². The van der Waals surface area contributed by atoms with Crippen LogP contribution >= 0.6 is 0 Å². The van der Waals surface area contributed by atoms with Crippen molar-refractivity contribution in [1.29, 1.82) is 0 Å². The fourth-order valence-corrected chi connectivity index (χ4v) is 3.80. The maximum absolute atomic E-state index is 14.3. The monoisotopic (exact) mass is 464 g/mol. The lowest BCUT2D eigenvalue weighted by atomic mass is 10.1. The van der Waals surface area contributed by atoms with Crippen LogP contribution in [0, 0.1) is 5.82 Å². The number of nitrogens with zero attached hydrogens (tertiary/aromatic N) is 3. The van der Waals surface area contributed by atoms with Gasteiger partial charge in [-0.2, -0.15) is 0 Å². The first-order valence-corrected chi connectivity index (χ1v) is 11.4. The van der Waals surface area contributed by atoms with E-state index < -0.39 is 0 Å². The van der Waals surface area contributed by atoms with Crippen LogP contribution in [0.1, 0.15) is 34.0 Å². The number of benzene rings is 2. The molecular weight excluding hydrogens is 431 g/mol. The SMILES string of the molecule is CNCCC(Oc1ccc(CN(C)CCN(C)c2ccncc2C=O)cc1)c1ccccc1F. The molecule has 0 spiro atoms. The molecule has 3 aromatic rings. The molecule has 3 rings (SSSR count). The van der Waals surface area contributed by atoms with Gasteiger partial charge in [-0.15, -0.1) is 0 Å². The molecule has 1 N–H and O–H groups in total. The molecule has 0 saturated heterocycles. The summed E-state index contributed by atoms with van der Waals surface area (Å²) in [6.07, 6.45) is 4.42. The van der Waals surface area contributed by atoms with E-state index in [-0.39, 0.29) is 11.9 Å². The Labute approximate surface area is 201 Å². The second-order valence-corrected chi connectivity index (χ2v) is 8.38. The zero-order chi connectivity index (χ0) is 24.3. The lowest BCUT2D eigenvalue weighted by Gasteiger charge is -2.24. The number of hydrogen-bond acceptors (Lipinski definition) is 6. The number of carbonyl (C=O) groups is 1. The summed E-state index contributed by atoms with van der Waals surface area (Å²) >= 11 is 0. The Kier molecular flexibility index (Phi) is 9.55. The molecule has 34 heavy (non-hydrogen) atoms. The molecule has 6 nitrogen and oxygen atoms in total. The largest absolute Gasteiger partial charge is 0.486 e. The van der Waals surface area contributed by atoms with Crippen LogP contribution in [-0.2, 0) is 6.54 Å². The molecule has 0 fully saturated rings.